The molecule has 2 aromatic carbocycles. The first-order valence-electron chi connectivity index (χ1n) is 14.1. The van der Waals surface area contributed by atoms with E-state index in [0.29, 0.717) is 12.3 Å². The Morgan fingerprint density at radius 3 is 2.17 bits per heavy atom. The number of nitrogens with zero attached hydrogens (tertiary/aromatic N) is 2. The summed E-state index contributed by atoms with van der Waals surface area (Å²) in [6.45, 7) is 9.93. The molecule has 0 spiro atoms. The Hall–Kier alpha value is -3.91. The van der Waals surface area contributed by atoms with Crippen molar-refractivity contribution in [2.45, 2.75) is 59.0 Å². The Balaban J connectivity index is 0.000000372. The Morgan fingerprint density at radius 1 is 1.00 bits per heavy atom. The summed E-state index contributed by atoms with van der Waals surface area (Å²) in [7, 11) is 5.41. The van der Waals surface area contributed by atoms with Gasteiger partial charge in [0.1, 0.15) is 6.04 Å². The molecule has 2 unspecified atom stereocenters. The van der Waals surface area contributed by atoms with Gasteiger partial charge in [-0.25, -0.2) is 4.79 Å². The van der Waals surface area contributed by atoms with Gasteiger partial charge in [0.25, 0.3) is 0 Å². The van der Waals surface area contributed by atoms with Crippen molar-refractivity contribution >= 4 is 28.7 Å². The number of benzene rings is 2. The van der Waals surface area contributed by atoms with Crippen molar-refractivity contribution in [1.29, 1.82) is 0 Å². The zero-order chi connectivity index (χ0) is 30.7. The molecule has 1 aromatic heterocycles. The molecule has 3 rings (SSSR count). The third-order valence-corrected chi connectivity index (χ3v) is 7.04. The van der Waals surface area contributed by atoms with Crippen molar-refractivity contribution in [2.24, 2.45) is 13.0 Å². The Labute approximate surface area is 244 Å². The molecule has 0 saturated carbocycles. The number of carboxylic acids is 1. The van der Waals surface area contributed by atoms with Gasteiger partial charge in [-0.2, -0.15) is 0 Å². The number of nitrogens with one attached hydrogen (secondary N) is 2. The number of aryl methyl sites for hydroxylation is 1. The van der Waals surface area contributed by atoms with Gasteiger partial charge in [0.05, 0.1) is 12.6 Å². The number of aliphatic carboxylic acids is 1. The number of likely N-dealkylation sites (N-methyl/N-ethyl adjacent to an activating group) is 2. The van der Waals surface area contributed by atoms with Crippen LogP contribution in [0.3, 0.4) is 0 Å². The van der Waals surface area contributed by atoms with Crippen LogP contribution < -0.4 is 10.6 Å². The minimum absolute atomic E-state index is 0.00800. The number of carboxylic acid groups (broad SMARTS) is 1. The van der Waals surface area contributed by atoms with Gasteiger partial charge < -0.3 is 25.2 Å². The van der Waals surface area contributed by atoms with Crippen LogP contribution in [0.2, 0.25) is 0 Å². The maximum atomic E-state index is 13.2. The van der Waals surface area contributed by atoms with E-state index in [1.807, 2.05) is 44.2 Å². The minimum Gasteiger partial charge on any atom is -0.478 e. The lowest BCUT2D eigenvalue weighted by Crippen LogP contribution is -2.53. The fourth-order valence-corrected chi connectivity index (χ4v) is 4.76. The molecule has 0 fully saturated rings. The third-order valence-electron chi connectivity index (χ3n) is 7.04. The highest BCUT2D eigenvalue weighted by Gasteiger charge is 2.29. The predicted molar refractivity (Wildman–Crippen MR) is 166 cm³/mol. The minimum atomic E-state index is -1.02. The van der Waals surface area contributed by atoms with Gasteiger partial charge in [-0.3, -0.25) is 9.59 Å². The first kappa shape index (κ1) is 33.3. The summed E-state index contributed by atoms with van der Waals surface area (Å²) in [4.78, 5) is 38.0. The SMILES string of the molecule is CC(C)c1cn(C)c2ccccc12.CNCC(=O)NC(Cc1ccccc1)C(=O)N(C)C(/C=C(\C)C(=O)O)C(C)C. The van der Waals surface area contributed by atoms with Gasteiger partial charge in [-0.15, -0.1) is 0 Å². The summed E-state index contributed by atoms with van der Waals surface area (Å²) in [5.74, 6) is -0.945. The molecule has 2 amide bonds. The lowest BCUT2D eigenvalue weighted by atomic mass is 9.98. The summed E-state index contributed by atoms with van der Waals surface area (Å²) in [5, 5.41) is 16.1. The average Bonchev–Trinajstić information content (AvgIpc) is 3.28. The number of rotatable bonds is 11. The fraction of sp³-hybridized carbons (Fsp3) is 0.424. The normalized spacial score (nSPS) is 13.0. The first-order chi connectivity index (χ1) is 19.4. The largest absolute Gasteiger partial charge is 0.478 e. The molecule has 2 atom stereocenters. The van der Waals surface area contributed by atoms with Crippen LogP contribution in [0.25, 0.3) is 10.9 Å². The van der Waals surface area contributed by atoms with Gasteiger partial charge >= 0.3 is 5.97 Å². The molecule has 0 aliphatic carbocycles. The Kier molecular flexibility index (Phi) is 12.8. The first-order valence-corrected chi connectivity index (χ1v) is 14.1. The molecule has 0 bridgehead atoms. The zero-order valence-electron chi connectivity index (χ0n) is 25.6. The molecular formula is C33H46N4O4. The van der Waals surface area contributed by atoms with Crippen LogP contribution in [0.4, 0.5) is 0 Å². The molecule has 8 heteroatoms. The number of carbonyl (C=O) groups is 3. The van der Waals surface area contributed by atoms with Crippen molar-refractivity contribution in [3.63, 3.8) is 0 Å². The Bertz CT molecular complexity index is 1330. The number of aromatic nitrogens is 1. The smallest absolute Gasteiger partial charge is 0.331 e. The summed E-state index contributed by atoms with van der Waals surface area (Å²) in [5.41, 5.74) is 3.87. The van der Waals surface area contributed by atoms with E-state index >= 15 is 0 Å². The molecule has 1 heterocycles. The van der Waals surface area contributed by atoms with E-state index in [9.17, 15) is 19.5 Å². The van der Waals surface area contributed by atoms with Crippen LogP contribution >= 0.6 is 0 Å². The standard InChI is InChI=1S/C21H31N3O4.C12H15N/c1-14(2)18(11-15(3)21(27)28)24(5)20(26)17(23-19(25)13-22-4)12-16-9-7-6-8-10-16;1-9(2)11-8-13(3)12-7-5-4-6-10(11)12/h6-11,14,17-18,22H,12-13H2,1-5H3,(H,23,25)(H,27,28);4-9H,1-3H3/b15-11+;. The fourth-order valence-electron chi connectivity index (χ4n) is 4.76. The number of para-hydroxylation sites is 1. The highest BCUT2D eigenvalue weighted by atomic mass is 16.4. The van der Waals surface area contributed by atoms with Crippen molar-refractivity contribution in [3.8, 4) is 0 Å². The van der Waals surface area contributed by atoms with Crippen molar-refractivity contribution in [2.75, 3.05) is 20.6 Å². The van der Waals surface area contributed by atoms with Crippen LogP contribution in [-0.4, -0.2) is 65.1 Å². The van der Waals surface area contributed by atoms with Gasteiger partial charge in [0.15, 0.2) is 0 Å². The molecule has 0 aliphatic heterocycles. The summed E-state index contributed by atoms with van der Waals surface area (Å²) < 4.78 is 2.20. The van der Waals surface area contributed by atoms with Crippen molar-refractivity contribution in [1.82, 2.24) is 20.1 Å². The quantitative estimate of drug-likeness (QED) is 0.293. The summed E-state index contributed by atoms with van der Waals surface area (Å²) in [6.07, 6.45) is 4.17. The van der Waals surface area contributed by atoms with E-state index in [4.69, 9.17) is 0 Å². The van der Waals surface area contributed by atoms with E-state index in [1.165, 1.54) is 28.3 Å². The molecule has 8 nitrogen and oxygen atoms in total. The maximum absolute atomic E-state index is 13.2. The van der Waals surface area contributed by atoms with Crippen LogP contribution in [0.5, 0.6) is 0 Å². The highest BCUT2D eigenvalue weighted by Crippen LogP contribution is 2.26. The van der Waals surface area contributed by atoms with Crippen LogP contribution in [0.15, 0.2) is 72.4 Å². The second-order valence-corrected chi connectivity index (χ2v) is 11.0. The average molecular weight is 563 g/mol. The Morgan fingerprint density at radius 2 is 1.61 bits per heavy atom. The molecule has 222 valence electrons. The number of fused-ring (bicyclic) bond motifs is 1. The number of amides is 2. The van der Waals surface area contributed by atoms with E-state index in [1.54, 1.807) is 20.2 Å². The van der Waals surface area contributed by atoms with Gasteiger partial charge in [-0.05, 0) is 43.0 Å². The molecule has 3 aromatic rings. The topological polar surface area (TPSA) is 104 Å². The molecule has 0 radical (unpaired) electrons. The highest BCUT2D eigenvalue weighted by molar-refractivity contribution is 5.89. The van der Waals surface area contributed by atoms with Crippen LogP contribution in [-0.2, 0) is 27.9 Å². The number of hydrogen-bond acceptors (Lipinski definition) is 4. The lowest BCUT2D eigenvalue weighted by Gasteiger charge is -2.32. The molecule has 0 saturated heterocycles. The number of carbonyl (C=O) groups excluding carboxylic acids is 2. The molecule has 41 heavy (non-hydrogen) atoms. The molecule has 0 aliphatic rings. The van der Waals surface area contributed by atoms with E-state index in [0.717, 1.165) is 5.56 Å². The lowest BCUT2D eigenvalue weighted by molar-refractivity contribution is -0.137. The molecular weight excluding hydrogens is 516 g/mol. The number of hydrogen-bond donors (Lipinski definition) is 3. The zero-order valence-corrected chi connectivity index (χ0v) is 25.6. The van der Waals surface area contributed by atoms with Gasteiger partial charge in [-0.1, -0.05) is 82.3 Å². The maximum Gasteiger partial charge on any atom is 0.331 e. The summed E-state index contributed by atoms with van der Waals surface area (Å²) in [6, 6.07) is 16.9. The van der Waals surface area contributed by atoms with E-state index < -0.39 is 18.1 Å². The third kappa shape index (κ3) is 9.60. The van der Waals surface area contributed by atoms with Crippen LogP contribution in [0, 0.1) is 5.92 Å². The van der Waals surface area contributed by atoms with Crippen molar-refractivity contribution < 1.29 is 19.5 Å². The van der Waals surface area contributed by atoms with Crippen LogP contribution in [0.1, 0.15) is 51.7 Å². The second kappa shape index (κ2) is 15.8. The van der Waals surface area contributed by atoms with Gasteiger partial charge in [0, 0.05) is 43.2 Å². The monoisotopic (exact) mass is 562 g/mol. The van der Waals surface area contributed by atoms with Crippen molar-refractivity contribution in [3.05, 3.63) is 83.6 Å². The van der Waals surface area contributed by atoms with E-state index in [-0.39, 0.29) is 29.9 Å². The second-order valence-electron chi connectivity index (χ2n) is 11.0. The van der Waals surface area contributed by atoms with E-state index in [2.05, 4.69) is 66.6 Å². The predicted octanol–water partition coefficient (Wildman–Crippen LogP) is 4.75. The molecule has 3 N–H and O–H groups in total. The van der Waals surface area contributed by atoms with Gasteiger partial charge in [0.2, 0.25) is 11.8 Å². The summed E-state index contributed by atoms with van der Waals surface area (Å²) >= 11 is 0.